The zero-order valence-electron chi connectivity index (χ0n) is 13.0. The molecule has 0 amide bonds. The van der Waals surface area contributed by atoms with Gasteiger partial charge in [0.2, 0.25) is 0 Å². The van der Waals surface area contributed by atoms with Gasteiger partial charge in [-0.1, -0.05) is 45.2 Å². The molecule has 0 saturated heterocycles. The molecule has 20 heavy (non-hydrogen) atoms. The Kier molecular flexibility index (Phi) is 6.95. The van der Waals surface area contributed by atoms with Gasteiger partial charge in [0.25, 0.3) is 0 Å². The van der Waals surface area contributed by atoms with Crippen molar-refractivity contribution < 1.29 is 0 Å². The Morgan fingerprint density at radius 1 is 1.10 bits per heavy atom. The van der Waals surface area contributed by atoms with Crippen LogP contribution in [0.15, 0.2) is 29.2 Å². The fraction of sp³-hybridized carbons (Fsp3) is 0.667. The second-order valence-electron chi connectivity index (χ2n) is 6.48. The minimum Gasteiger partial charge on any atom is -0.312 e. The van der Waals surface area contributed by atoms with E-state index in [-0.39, 0.29) is 0 Å². The number of benzene rings is 1. The van der Waals surface area contributed by atoms with Crippen LogP contribution in [0.25, 0.3) is 0 Å². The molecule has 1 aliphatic rings. The predicted octanol–water partition coefficient (Wildman–Crippen LogP) is 5.10. The van der Waals surface area contributed by atoms with Crippen molar-refractivity contribution in [2.75, 3.05) is 12.3 Å². The Balaban J connectivity index is 1.70. The second kappa shape index (κ2) is 8.74. The molecule has 1 aromatic carbocycles. The Labute approximate surface area is 128 Å². The Morgan fingerprint density at radius 3 is 2.45 bits per heavy atom. The van der Waals surface area contributed by atoms with Gasteiger partial charge in [-0.15, -0.1) is 11.8 Å². The van der Waals surface area contributed by atoms with Gasteiger partial charge in [0.05, 0.1) is 0 Å². The maximum Gasteiger partial charge on any atom is 0.0205 e. The average Bonchev–Trinajstić information content (AvgIpc) is 2.47. The number of hydrogen-bond acceptors (Lipinski definition) is 2. The number of thioether (sulfide) groups is 1. The normalized spacial score (nSPS) is 16.8. The molecule has 0 heterocycles. The SMILES string of the molecule is CC(C)CNCc1ccc(SCC2CCCCC2)cc1. The molecule has 1 saturated carbocycles. The summed E-state index contributed by atoms with van der Waals surface area (Å²) in [5.74, 6) is 2.99. The molecule has 2 heteroatoms. The van der Waals surface area contributed by atoms with E-state index in [0.717, 1.165) is 24.9 Å². The van der Waals surface area contributed by atoms with Gasteiger partial charge in [0.1, 0.15) is 0 Å². The van der Waals surface area contributed by atoms with E-state index in [4.69, 9.17) is 0 Å². The van der Waals surface area contributed by atoms with Gasteiger partial charge >= 0.3 is 0 Å². The summed E-state index contributed by atoms with van der Waals surface area (Å²) in [5.41, 5.74) is 1.40. The van der Waals surface area contributed by atoms with Gasteiger partial charge < -0.3 is 5.32 Å². The fourth-order valence-corrected chi connectivity index (χ4v) is 3.87. The van der Waals surface area contributed by atoms with Crippen LogP contribution >= 0.6 is 11.8 Å². The van der Waals surface area contributed by atoms with Crippen LogP contribution < -0.4 is 5.32 Å². The zero-order valence-corrected chi connectivity index (χ0v) is 13.8. The van der Waals surface area contributed by atoms with Crippen molar-refractivity contribution in [3.8, 4) is 0 Å². The first kappa shape index (κ1) is 15.9. The summed E-state index contributed by atoms with van der Waals surface area (Å²) in [7, 11) is 0. The molecule has 2 rings (SSSR count). The van der Waals surface area contributed by atoms with E-state index in [2.05, 4.69) is 43.4 Å². The summed E-state index contributed by atoms with van der Waals surface area (Å²) in [6.45, 7) is 6.58. The van der Waals surface area contributed by atoms with Crippen molar-refractivity contribution in [2.24, 2.45) is 11.8 Å². The fourth-order valence-electron chi connectivity index (χ4n) is 2.78. The van der Waals surface area contributed by atoms with Crippen molar-refractivity contribution in [2.45, 2.75) is 57.4 Å². The first-order valence-corrected chi connectivity index (χ1v) is 9.15. The summed E-state index contributed by atoms with van der Waals surface area (Å²) in [4.78, 5) is 1.43. The second-order valence-corrected chi connectivity index (χ2v) is 7.58. The quantitative estimate of drug-likeness (QED) is 0.701. The van der Waals surface area contributed by atoms with Gasteiger partial charge in [-0.2, -0.15) is 0 Å². The average molecular weight is 292 g/mol. The van der Waals surface area contributed by atoms with Crippen molar-refractivity contribution in [1.29, 1.82) is 0 Å². The maximum atomic E-state index is 3.50. The molecule has 0 bridgehead atoms. The molecule has 1 aliphatic carbocycles. The minimum atomic E-state index is 0.723. The van der Waals surface area contributed by atoms with Crippen molar-refractivity contribution in [3.05, 3.63) is 29.8 Å². The predicted molar refractivity (Wildman–Crippen MR) is 90.3 cm³/mol. The molecule has 1 N–H and O–H groups in total. The van der Waals surface area contributed by atoms with E-state index in [9.17, 15) is 0 Å². The Hall–Kier alpha value is -0.470. The number of nitrogens with one attached hydrogen (secondary N) is 1. The van der Waals surface area contributed by atoms with Crippen molar-refractivity contribution >= 4 is 11.8 Å². The van der Waals surface area contributed by atoms with Gasteiger partial charge in [0, 0.05) is 17.2 Å². The van der Waals surface area contributed by atoms with E-state index >= 15 is 0 Å². The number of hydrogen-bond donors (Lipinski definition) is 1. The summed E-state index contributed by atoms with van der Waals surface area (Å²) in [5, 5.41) is 3.50. The van der Waals surface area contributed by atoms with Crippen LogP contribution in [0.2, 0.25) is 0 Å². The van der Waals surface area contributed by atoms with E-state index in [0.29, 0.717) is 0 Å². The highest BCUT2D eigenvalue weighted by Gasteiger charge is 2.13. The summed E-state index contributed by atoms with van der Waals surface area (Å²) in [6, 6.07) is 9.13. The van der Waals surface area contributed by atoms with Crippen LogP contribution in [0.5, 0.6) is 0 Å². The molecule has 0 aromatic heterocycles. The minimum absolute atomic E-state index is 0.723. The van der Waals surface area contributed by atoms with Crippen LogP contribution in [0, 0.1) is 11.8 Å². The van der Waals surface area contributed by atoms with Crippen LogP contribution in [-0.4, -0.2) is 12.3 Å². The molecule has 0 spiro atoms. The van der Waals surface area contributed by atoms with Crippen LogP contribution in [0.3, 0.4) is 0 Å². The third-order valence-electron chi connectivity index (χ3n) is 4.02. The van der Waals surface area contributed by atoms with Gasteiger partial charge in [-0.3, -0.25) is 0 Å². The molecule has 0 aliphatic heterocycles. The zero-order chi connectivity index (χ0) is 14.2. The standard InChI is InChI=1S/C18H29NS/c1-15(2)12-19-13-16-8-10-18(11-9-16)20-14-17-6-4-3-5-7-17/h8-11,15,17,19H,3-7,12-14H2,1-2H3. The monoisotopic (exact) mass is 291 g/mol. The highest BCUT2D eigenvalue weighted by atomic mass is 32.2. The van der Waals surface area contributed by atoms with E-state index in [1.807, 2.05) is 11.8 Å². The molecular weight excluding hydrogens is 262 g/mol. The lowest BCUT2D eigenvalue weighted by molar-refractivity contribution is 0.391. The third kappa shape index (κ3) is 5.88. The van der Waals surface area contributed by atoms with Crippen LogP contribution in [-0.2, 0) is 6.54 Å². The first-order valence-electron chi connectivity index (χ1n) is 8.16. The van der Waals surface area contributed by atoms with Crippen LogP contribution in [0.1, 0.15) is 51.5 Å². The molecule has 1 nitrogen and oxygen atoms in total. The Bertz CT molecular complexity index is 366. The molecule has 1 fully saturated rings. The first-order chi connectivity index (χ1) is 9.74. The molecule has 0 unspecified atom stereocenters. The van der Waals surface area contributed by atoms with Crippen molar-refractivity contribution in [1.82, 2.24) is 5.32 Å². The highest BCUT2D eigenvalue weighted by Crippen LogP contribution is 2.29. The largest absolute Gasteiger partial charge is 0.312 e. The van der Waals surface area contributed by atoms with Crippen molar-refractivity contribution in [3.63, 3.8) is 0 Å². The molecule has 0 atom stereocenters. The summed E-state index contributed by atoms with van der Waals surface area (Å²) < 4.78 is 0. The Morgan fingerprint density at radius 2 is 1.80 bits per heavy atom. The lowest BCUT2D eigenvalue weighted by atomic mass is 9.91. The maximum absolute atomic E-state index is 3.50. The third-order valence-corrected chi connectivity index (χ3v) is 5.26. The summed E-state index contributed by atoms with van der Waals surface area (Å²) >= 11 is 2.04. The molecule has 0 radical (unpaired) electrons. The topological polar surface area (TPSA) is 12.0 Å². The van der Waals surface area contributed by atoms with Gasteiger partial charge in [-0.25, -0.2) is 0 Å². The van der Waals surface area contributed by atoms with E-state index in [1.165, 1.54) is 48.3 Å². The smallest absolute Gasteiger partial charge is 0.0205 e. The molecule has 1 aromatic rings. The summed E-state index contributed by atoms with van der Waals surface area (Å²) in [6.07, 6.45) is 7.25. The van der Waals surface area contributed by atoms with Gasteiger partial charge in [-0.05, 0) is 48.9 Å². The molecule has 112 valence electrons. The lowest BCUT2D eigenvalue weighted by Crippen LogP contribution is -2.18. The lowest BCUT2D eigenvalue weighted by Gasteiger charge is -2.20. The van der Waals surface area contributed by atoms with Crippen LogP contribution in [0.4, 0.5) is 0 Å². The molecular formula is C18H29NS. The highest BCUT2D eigenvalue weighted by molar-refractivity contribution is 7.99. The van der Waals surface area contributed by atoms with E-state index < -0.39 is 0 Å². The van der Waals surface area contributed by atoms with E-state index in [1.54, 1.807) is 0 Å². The van der Waals surface area contributed by atoms with Gasteiger partial charge in [0.15, 0.2) is 0 Å². The number of rotatable bonds is 7.